The number of epoxide rings is 1. The average Bonchev–Trinajstić information content (AvgIpc) is 2.70. The molecule has 1 saturated heterocycles. The zero-order valence-electron chi connectivity index (χ0n) is 6.69. The van der Waals surface area contributed by atoms with E-state index in [4.69, 9.17) is 4.74 Å². The van der Waals surface area contributed by atoms with Gasteiger partial charge in [-0.15, -0.1) is 0 Å². The first kappa shape index (κ1) is 8.54. The van der Waals surface area contributed by atoms with E-state index in [0.29, 0.717) is 4.83 Å². The molecule has 0 bridgehead atoms. The van der Waals surface area contributed by atoms with Crippen LogP contribution in [0.1, 0.15) is 33.1 Å². The molecule has 1 heterocycles. The summed E-state index contributed by atoms with van der Waals surface area (Å²) in [4.78, 5) is 0.648. The molecule has 0 aromatic heterocycles. The lowest BCUT2D eigenvalue weighted by molar-refractivity contribution is 0.279. The summed E-state index contributed by atoms with van der Waals surface area (Å²) in [5.74, 6) is 0. The summed E-state index contributed by atoms with van der Waals surface area (Å²) >= 11 is 3.61. The van der Waals surface area contributed by atoms with Gasteiger partial charge in [-0.1, -0.05) is 29.8 Å². The molecule has 2 atom stereocenters. The Morgan fingerprint density at radius 2 is 2.20 bits per heavy atom. The quantitative estimate of drug-likeness (QED) is 0.510. The summed E-state index contributed by atoms with van der Waals surface area (Å²) in [6.07, 6.45) is 3.54. The second kappa shape index (κ2) is 3.22. The third-order valence-corrected chi connectivity index (χ3v) is 3.20. The maximum absolute atomic E-state index is 5.39. The van der Waals surface area contributed by atoms with Gasteiger partial charge in [-0.2, -0.15) is 0 Å². The lowest BCUT2D eigenvalue weighted by atomic mass is 10.0. The van der Waals surface area contributed by atoms with Crippen LogP contribution in [0.25, 0.3) is 0 Å². The van der Waals surface area contributed by atoms with Gasteiger partial charge in [0.2, 0.25) is 0 Å². The molecule has 1 aliphatic heterocycles. The predicted molar refractivity (Wildman–Crippen MR) is 46.6 cm³/mol. The smallest absolute Gasteiger partial charge is 0.0924 e. The number of hydrogen-bond donors (Lipinski definition) is 0. The standard InChI is InChI=1S/C8H15BrO/c1-3-7(9)5-8(4-2)6-10-8/h7H,3-6H2,1-2H3. The monoisotopic (exact) mass is 206 g/mol. The number of halogens is 1. The van der Waals surface area contributed by atoms with Crippen molar-refractivity contribution in [2.45, 2.75) is 43.5 Å². The van der Waals surface area contributed by atoms with Gasteiger partial charge in [0.25, 0.3) is 0 Å². The zero-order chi connectivity index (χ0) is 7.61. The van der Waals surface area contributed by atoms with Crippen molar-refractivity contribution in [3.8, 4) is 0 Å². The zero-order valence-corrected chi connectivity index (χ0v) is 8.28. The third kappa shape index (κ3) is 1.96. The van der Waals surface area contributed by atoms with Crippen LogP contribution in [0.15, 0.2) is 0 Å². The minimum atomic E-state index is 0.268. The first-order chi connectivity index (χ1) is 4.72. The summed E-state index contributed by atoms with van der Waals surface area (Å²) in [6, 6.07) is 0. The largest absolute Gasteiger partial charge is 0.370 e. The van der Waals surface area contributed by atoms with Crippen molar-refractivity contribution in [2.75, 3.05) is 6.61 Å². The Bertz CT molecular complexity index is 110. The van der Waals surface area contributed by atoms with E-state index in [2.05, 4.69) is 29.8 Å². The van der Waals surface area contributed by atoms with Gasteiger partial charge in [0.15, 0.2) is 0 Å². The fourth-order valence-corrected chi connectivity index (χ4v) is 1.71. The van der Waals surface area contributed by atoms with E-state index in [1.54, 1.807) is 0 Å². The van der Waals surface area contributed by atoms with Gasteiger partial charge >= 0.3 is 0 Å². The van der Waals surface area contributed by atoms with Crippen molar-refractivity contribution in [3.63, 3.8) is 0 Å². The third-order valence-electron chi connectivity index (χ3n) is 2.23. The molecule has 2 unspecified atom stereocenters. The van der Waals surface area contributed by atoms with Crippen LogP contribution < -0.4 is 0 Å². The molecule has 1 aliphatic rings. The van der Waals surface area contributed by atoms with Gasteiger partial charge in [-0.05, 0) is 19.3 Å². The molecular weight excluding hydrogens is 192 g/mol. The Balaban J connectivity index is 2.23. The number of alkyl halides is 1. The van der Waals surface area contributed by atoms with E-state index in [0.717, 1.165) is 13.0 Å². The Hall–Kier alpha value is 0.440. The van der Waals surface area contributed by atoms with E-state index in [1.807, 2.05) is 0 Å². The topological polar surface area (TPSA) is 12.5 Å². The van der Waals surface area contributed by atoms with E-state index in [1.165, 1.54) is 12.8 Å². The van der Waals surface area contributed by atoms with Crippen LogP contribution in [0.3, 0.4) is 0 Å². The highest BCUT2D eigenvalue weighted by atomic mass is 79.9. The van der Waals surface area contributed by atoms with Crippen molar-refractivity contribution in [1.29, 1.82) is 0 Å². The minimum absolute atomic E-state index is 0.268. The highest BCUT2D eigenvalue weighted by molar-refractivity contribution is 9.09. The molecule has 0 radical (unpaired) electrons. The number of rotatable bonds is 4. The van der Waals surface area contributed by atoms with Crippen molar-refractivity contribution in [1.82, 2.24) is 0 Å². The molecule has 0 aliphatic carbocycles. The molecule has 1 fully saturated rings. The van der Waals surface area contributed by atoms with Crippen LogP contribution in [-0.4, -0.2) is 17.0 Å². The van der Waals surface area contributed by atoms with Crippen LogP contribution >= 0.6 is 15.9 Å². The molecule has 0 amide bonds. The van der Waals surface area contributed by atoms with Crippen LogP contribution in [0.2, 0.25) is 0 Å². The van der Waals surface area contributed by atoms with E-state index in [-0.39, 0.29) is 5.60 Å². The van der Waals surface area contributed by atoms with Gasteiger partial charge in [0.05, 0.1) is 12.2 Å². The van der Waals surface area contributed by atoms with Crippen molar-refractivity contribution >= 4 is 15.9 Å². The summed E-state index contributed by atoms with van der Waals surface area (Å²) < 4.78 is 5.39. The normalized spacial score (nSPS) is 33.9. The summed E-state index contributed by atoms with van der Waals surface area (Å²) in [6.45, 7) is 5.37. The van der Waals surface area contributed by atoms with Gasteiger partial charge in [0, 0.05) is 4.83 Å². The molecule has 0 N–H and O–H groups in total. The maximum Gasteiger partial charge on any atom is 0.0924 e. The fraction of sp³-hybridized carbons (Fsp3) is 1.00. The Labute approximate surface area is 71.3 Å². The molecule has 0 spiro atoms. The second-order valence-electron chi connectivity index (χ2n) is 3.03. The van der Waals surface area contributed by atoms with Crippen molar-refractivity contribution < 1.29 is 4.74 Å². The predicted octanol–water partition coefficient (Wildman–Crippen LogP) is 2.73. The van der Waals surface area contributed by atoms with Gasteiger partial charge in [0.1, 0.15) is 0 Å². The van der Waals surface area contributed by atoms with Crippen LogP contribution in [-0.2, 0) is 4.74 Å². The summed E-state index contributed by atoms with van der Waals surface area (Å²) in [7, 11) is 0. The molecule has 60 valence electrons. The molecule has 10 heavy (non-hydrogen) atoms. The molecule has 2 heteroatoms. The maximum atomic E-state index is 5.39. The van der Waals surface area contributed by atoms with Crippen molar-refractivity contribution in [2.24, 2.45) is 0 Å². The molecule has 1 nitrogen and oxygen atoms in total. The summed E-state index contributed by atoms with van der Waals surface area (Å²) in [5, 5.41) is 0. The van der Waals surface area contributed by atoms with E-state index < -0.39 is 0 Å². The Morgan fingerprint density at radius 1 is 1.60 bits per heavy atom. The lowest BCUT2D eigenvalue weighted by Crippen LogP contribution is -2.15. The number of ether oxygens (including phenoxy) is 1. The molecule has 0 aromatic rings. The minimum Gasteiger partial charge on any atom is -0.370 e. The summed E-state index contributed by atoms with van der Waals surface area (Å²) in [5.41, 5.74) is 0.268. The highest BCUT2D eigenvalue weighted by Crippen LogP contribution is 2.37. The SMILES string of the molecule is CCC(Br)CC1(CC)CO1. The Morgan fingerprint density at radius 3 is 2.50 bits per heavy atom. The molecule has 0 aromatic carbocycles. The van der Waals surface area contributed by atoms with E-state index in [9.17, 15) is 0 Å². The van der Waals surface area contributed by atoms with Crippen LogP contribution in [0, 0.1) is 0 Å². The Kier molecular flexibility index (Phi) is 2.75. The number of hydrogen-bond acceptors (Lipinski definition) is 1. The first-order valence-electron chi connectivity index (χ1n) is 4.00. The fourth-order valence-electron chi connectivity index (χ4n) is 1.12. The highest BCUT2D eigenvalue weighted by Gasteiger charge is 2.43. The molecular formula is C8H15BrO. The second-order valence-corrected chi connectivity index (χ2v) is 4.33. The lowest BCUT2D eigenvalue weighted by Gasteiger charge is -2.11. The van der Waals surface area contributed by atoms with Gasteiger partial charge in [-0.3, -0.25) is 0 Å². The van der Waals surface area contributed by atoms with Crippen molar-refractivity contribution in [3.05, 3.63) is 0 Å². The van der Waals surface area contributed by atoms with E-state index >= 15 is 0 Å². The van der Waals surface area contributed by atoms with Gasteiger partial charge in [-0.25, -0.2) is 0 Å². The first-order valence-corrected chi connectivity index (χ1v) is 4.92. The van der Waals surface area contributed by atoms with Crippen LogP contribution in [0.4, 0.5) is 0 Å². The average molecular weight is 207 g/mol. The van der Waals surface area contributed by atoms with Crippen LogP contribution in [0.5, 0.6) is 0 Å². The molecule has 0 saturated carbocycles. The molecule has 1 rings (SSSR count). The van der Waals surface area contributed by atoms with Gasteiger partial charge < -0.3 is 4.74 Å².